The summed E-state index contributed by atoms with van der Waals surface area (Å²) in [6, 6.07) is 32.6. The number of hydrogen-bond acceptors (Lipinski definition) is 2. The highest BCUT2D eigenvalue weighted by atomic mass is 32.9. The van der Waals surface area contributed by atoms with Crippen LogP contribution in [0.1, 0.15) is 28.5 Å². The van der Waals surface area contributed by atoms with Crippen molar-refractivity contribution in [3.63, 3.8) is 0 Å². The Hall–Kier alpha value is -1.86. The van der Waals surface area contributed by atoms with E-state index in [1.54, 1.807) is 0 Å². The van der Waals surface area contributed by atoms with Gasteiger partial charge in [0, 0.05) is 16.1 Å². The molecule has 3 atom stereocenters. The Bertz CT molecular complexity index is 1090. The van der Waals surface area contributed by atoms with Crippen LogP contribution in [-0.2, 0) is 11.8 Å². The number of fused-ring (bicyclic) bond motifs is 1. The first-order valence-corrected chi connectivity index (χ1v) is 14.0. The van der Waals surface area contributed by atoms with Crippen LogP contribution in [0.5, 0.6) is 0 Å². The van der Waals surface area contributed by atoms with Gasteiger partial charge >= 0.3 is 0 Å². The lowest BCUT2D eigenvalue weighted by Crippen LogP contribution is -2.17. The summed E-state index contributed by atoms with van der Waals surface area (Å²) in [5.74, 6) is 0.816. The Morgan fingerprint density at radius 2 is 1.32 bits per heavy atom. The van der Waals surface area contributed by atoms with E-state index in [1.165, 1.54) is 26.9 Å². The number of benzene rings is 3. The Balaban J connectivity index is 1.60. The van der Waals surface area contributed by atoms with E-state index in [0.29, 0.717) is 11.8 Å². The summed E-state index contributed by atoms with van der Waals surface area (Å²) in [5.41, 5.74) is 4.08. The predicted octanol–water partition coefficient (Wildman–Crippen LogP) is 7.63. The zero-order valence-corrected chi connectivity index (χ0v) is 18.0. The normalized spacial score (nSPS) is 26.3. The average molecular weight is 417 g/mol. The zero-order valence-electron chi connectivity index (χ0n) is 15.4. The van der Waals surface area contributed by atoms with Gasteiger partial charge in [0.25, 0.3) is 0 Å². The molecule has 0 amide bonds. The van der Waals surface area contributed by atoms with Gasteiger partial charge in [0.1, 0.15) is 0 Å². The Kier molecular flexibility index (Phi) is 4.88. The summed E-state index contributed by atoms with van der Waals surface area (Å²) >= 11 is 8.32. The topological polar surface area (TPSA) is 0 Å². The van der Waals surface area contributed by atoms with Crippen molar-refractivity contribution in [1.29, 1.82) is 0 Å². The first-order chi connectivity index (χ1) is 13.7. The van der Waals surface area contributed by atoms with Gasteiger partial charge in [0.05, 0.1) is 0 Å². The highest BCUT2D eigenvalue weighted by Gasteiger charge is 2.40. The van der Waals surface area contributed by atoms with Gasteiger partial charge in [-0.25, -0.2) is 0 Å². The molecule has 2 aliphatic heterocycles. The largest absolute Gasteiger partial charge is 0.0829 e. The molecule has 0 bridgehead atoms. The van der Waals surface area contributed by atoms with Crippen LogP contribution >= 0.6 is 16.6 Å². The second-order valence-corrected chi connectivity index (χ2v) is 15.2. The van der Waals surface area contributed by atoms with E-state index in [1.807, 2.05) is 11.4 Å². The Morgan fingerprint density at radius 1 is 0.750 bits per heavy atom. The molecule has 0 spiro atoms. The summed E-state index contributed by atoms with van der Waals surface area (Å²) in [7, 11) is 0. The zero-order chi connectivity index (χ0) is 19.0. The summed E-state index contributed by atoms with van der Waals surface area (Å²) < 4.78 is 0. The maximum absolute atomic E-state index is 6.35. The molecule has 5 rings (SSSR count). The highest BCUT2D eigenvalue weighted by Crippen LogP contribution is 2.78. The third kappa shape index (κ3) is 3.35. The molecule has 0 saturated carbocycles. The number of hydrogen-bond donors (Lipinski definition) is 0. The summed E-state index contributed by atoms with van der Waals surface area (Å²) in [6.45, 7) is 0. The van der Waals surface area contributed by atoms with Crippen LogP contribution in [0.2, 0.25) is 0 Å². The maximum Gasteiger partial charge on any atom is 0.0390 e. The number of rotatable bonds is 3. The average Bonchev–Trinajstić information content (AvgIpc) is 3.11. The van der Waals surface area contributed by atoms with Gasteiger partial charge in [-0.3, -0.25) is 0 Å². The lowest BCUT2D eigenvalue weighted by molar-refractivity contribution is 0.676. The third-order valence-corrected chi connectivity index (χ3v) is 12.7. The van der Waals surface area contributed by atoms with Crippen molar-refractivity contribution in [2.24, 2.45) is 0 Å². The van der Waals surface area contributed by atoms with E-state index in [2.05, 4.69) is 103 Å². The molecule has 0 radical (unpaired) electrons. The maximum atomic E-state index is 6.35. The van der Waals surface area contributed by atoms with Gasteiger partial charge in [-0.2, -0.15) is 0 Å². The Morgan fingerprint density at radius 3 is 1.96 bits per heavy atom. The fourth-order valence-electron chi connectivity index (χ4n) is 4.20. The van der Waals surface area contributed by atoms with Gasteiger partial charge in [-0.1, -0.05) is 120 Å². The first kappa shape index (κ1) is 18.2. The van der Waals surface area contributed by atoms with Crippen molar-refractivity contribution >= 4 is 33.3 Å². The van der Waals surface area contributed by atoms with Crippen molar-refractivity contribution in [2.75, 3.05) is 6.16 Å². The monoisotopic (exact) mass is 416 g/mol. The minimum Gasteiger partial charge on any atom is -0.0829 e. The van der Waals surface area contributed by atoms with E-state index in [-0.39, 0.29) is 0 Å². The van der Waals surface area contributed by atoms with Gasteiger partial charge in [0.2, 0.25) is 0 Å². The SMILES string of the molecule is S=P12CC(c3ccccc3)C(c3ccccc3)C=C1C=C(c1ccccc1)S2. The van der Waals surface area contributed by atoms with Gasteiger partial charge in [-0.05, 0) is 40.2 Å². The van der Waals surface area contributed by atoms with Gasteiger partial charge in [-0.15, -0.1) is 0 Å². The van der Waals surface area contributed by atoms with Crippen molar-refractivity contribution in [2.45, 2.75) is 11.8 Å². The summed E-state index contributed by atoms with van der Waals surface area (Å²) in [4.78, 5) is 1.34. The van der Waals surface area contributed by atoms with Crippen molar-refractivity contribution in [3.8, 4) is 0 Å². The van der Waals surface area contributed by atoms with Crippen LogP contribution in [0.4, 0.5) is 0 Å². The predicted molar refractivity (Wildman–Crippen MR) is 128 cm³/mol. The summed E-state index contributed by atoms with van der Waals surface area (Å²) in [5, 5.41) is -0.247. The second-order valence-electron chi connectivity index (χ2n) is 7.37. The van der Waals surface area contributed by atoms with Crippen LogP contribution in [0.15, 0.2) is 108 Å². The fraction of sp³-hybridized carbons (Fsp3) is 0.120. The molecule has 138 valence electrons. The molecule has 0 nitrogen and oxygen atoms in total. The lowest BCUT2D eigenvalue weighted by atomic mass is 9.82. The van der Waals surface area contributed by atoms with Crippen LogP contribution in [-0.4, -0.2) is 6.16 Å². The minimum absolute atomic E-state index is 0.377. The molecule has 0 aliphatic carbocycles. The molecule has 3 aromatic rings. The molecule has 2 aliphatic rings. The van der Waals surface area contributed by atoms with E-state index < -0.39 is 5.24 Å². The molecule has 3 heteroatoms. The molecule has 0 aromatic heterocycles. The molecular weight excluding hydrogens is 395 g/mol. The van der Waals surface area contributed by atoms with E-state index in [9.17, 15) is 0 Å². The van der Waals surface area contributed by atoms with Crippen LogP contribution in [0.25, 0.3) is 4.91 Å². The minimum atomic E-state index is -1.66. The molecular formula is C25H21PS2. The molecule has 3 unspecified atom stereocenters. The molecule has 0 saturated heterocycles. The molecule has 2 heterocycles. The van der Waals surface area contributed by atoms with E-state index in [4.69, 9.17) is 11.8 Å². The Labute approximate surface area is 176 Å². The van der Waals surface area contributed by atoms with Gasteiger partial charge < -0.3 is 0 Å². The van der Waals surface area contributed by atoms with Crippen LogP contribution in [0.3, 0.4) is 0 Å². The van der Waals surface area contributed by atoms with Gasteiger partial charge in [0.15, 0.2) is 0 Å². The molecule has 0 N–H and O–H groups in total. The van der Waals surface area contributed by atoms with E-state index in [0.717, 1.165) is 6.16 Å². The fourth-order valence-corrected chi connectivity index (χ4v) is 11.4. The standard InChI is InChI=1S/C25H21PS2/c27-26-18-24(20-12-6-2-7-13-20)23(19-10-4-1-5-11-19)16-22(26)17-25(28-26)21-14-8-3-9-15-21/h1-17,23-24H,18H2. The van der Waals surface area contributed by atoms with Crippen molar-refractivity contribution in [3.05, 3.63) is 125 Å². The molecule has 0 fully saturated rings. The van der Waals surface area contributed by atoms with Crippen molar-refractivity contribution in [1.82, 2.24) is 0 Å². The second kappa shape index (κ2) is 7.52. The summed E-state index contributed by atoms with van der Waals surface area (Å²) in [6.07, 6.45) is 5.94. The smallest absolute Gasteiger partial charge is 0.0390 e. The third-order valence-electron chi connectivity index (χ3n) is 5.61. The van der Waals surface area contributed by atoms with Crippen molar-refractivity contribution < 1.29 is 0 Å². The lowest BCUT2D eigenvalue weighted by Gasteiger charge is -2.35. The molecule has 3 aromatic carbocycles. The highest BCUT2D eigenvalue weighted by molar-refractivity contribution is 8.76. The van der Waals surface area contributed by atoms with Crippen LogP contribution < -0.4 is 0 Å². The first-order valence-electron chi connectivity index (χ1n) is 9.61. The van der Waals surface area contributed by atoms with E-state index >= 15 is 0 Å². The quantitative estimate of drug-likeness (QED) is 0.403. The number of allylic oxidation sites excluding steroid dienone is 3. The molecule has 28 heavy (non-hydrogen) atoms. The van der Waals surface area contributed by atoms with Crippen LogP contribution in [0, 0.1) is 0 Å².